The number of carbonyl (C=O) groups is 1. The average Bonchev–Trinajstić information content (AvgIpc) is 2.11. The van der Waals surface area contributed by atoms with Crippen molar-refractivity contribution in [2.24, 2.45) is 17.4 Å². The molecule has 4 heteroatoms. The van der Waals surface area contributed by atoms with Crippen LogP contribution in [0.3, 0.4) is 0 Å². The van der Waals surface area contributed by atoms with Crippen molar-refractivity contribution in [3.63, 3.8) is 0 Å². The molecule has 0 aromatic heterocycles. The van der Waals surface area contributed by atoms with Crippen molar-refractivity contribution in [1.82, 2.24) is 4.90 Å². The van der Waals surface area contributed by atoms with Crippen LogP contribution >= 0.6 is 0 Å². The quantitative estimate of drug-likeness (QED) is 0.643. The number of primary amides is 1. The number of likely N-dealkylation sites (N-methyl/N-ethyl adjacent to an activating group) is 1. The van der Waals surface area contributed by atoms with Gasteiger partial charge < -0.3 is 11.5 Å². The first-order chi connectivity index (χ1) is 6.36. The molecular formula is C10H23N3O. The molecule has 0 radical (unpaired) electrons. The number of nitrogens with zero attached hydrogens (tertiary/aromatic N) is 1. The molecule has 0 bridgehead atoms. The SMILES string of the molecule is CC(C)C(N)CCN(C)C(C)C(N)=O. The van der Waals surface area contributed by atoms with E-state index in [-0.39, 0.29) is 18.0 Å². The number of hydrogen-bond donors (Lipinski definition) is 2. The van der Waals surface area contributed by atoms with Crippen molar-refractivity contribution in [3.05, 3.63) is 0 Å². The zero-order valence-electron chi connectivity index (χ0n) is 9.66. The first-order valence-corrected chi connectivity index (χ1v) is 5.11. The van der Waals surface area contributed by atoms with Crippen LogP contribution in [-0.2, 0) is 4.79 Å². The lowest BCUT2D eigenvalue weighted by Crippen LogP contribution is -2.42. The lowest BCUT2D eigenvalue weighted by molar-refractivity contribution is -0.122. The monoisotopic (exact) mass is 201 g/mol. The molecule has 0 aromatic carbocycles. The third kappa shape index (κ3) is 4.58. The molecule has 0 aliphatic heterocycles. The van der Waals surface area contributed by atoms with Crippen molar-refractivity contribution in [1.29, 1.82) is 0 Å². The summed E-state index contributed by atoms with van der Waals surface area (Å²) < 4.78 is 0. The molecule has 2 atom stereocenters. The molecule has 84 valence electrons. The van der Waals surface area contributed by atoms with Crippen molar-refractivity contribution >= 4 is 5.91 Å². The summed E-state index contributed by atoms with van der Waals surface area (Å²) >= 11 is 0. The van der Waals surface area contributed by atoms with Crippen LogP contribution in [0.2, 0.25) is 0 Å². The molecule has 1 amide bonds. The van der Waals surface area contributed by atoms with E-state index in [0.29, 0.717) is 5.92 Å². The van der Waals surface area contributed by atoms with Gasteiger partial charge >= 0.3 is 0 Å². The zero-order chi connectivity index (χ0) is 11.3. The van der Waals surface area contributed by atoms with E-state index in [2.05, 4.69) is 13.8 Å². The van der Waals surface area contributed by atoms with Crippen LogP contribution < -0.4 is 11.5 Å². The number of nitrogens with two attached hydrogens (primary N) is 2. The van der Waals surface area contributed by atoms with Crippen molar-refractivity contribution < 1.29 is 4.79 Å². The summed E-state index contributed by atoms with van der Waals surface area (Å²) in [6, 6.07) is -0.0214. The fourth-order valence-electron chi connectivity index (χ4n) is 1.10. The van der Waals surface area contributed by atoms with E-state index in [0.717, 1.165) is 13.0 Å². The molecule has 0 aliphatic carbocycles. The molecule has 4 nitrogen and oxygen atoms in total. The highest BCUT2D eigenvalue weighted by Crippen LogP contribution is 2.05. The van der Waals surface area contributed by atoms with Gasteiger partial charge in [0.2, 0.25) is 5.91 Å². The molecular weight excluding hydrogens is 178 g/mol. The molecule has 4 N–H and O–H groups in total. The van der Waals surface area contributed by atoms with Gasteiger partial charge in [-0.25, -0.2) is 0 Å². The number of rotatable bonds is 6. The summed E-state index contributed by atoms with van der Waals surface area (Å²) in [6.07, 6.45) is 0.895. The van der Waals surface area contributed by atoms with Gasteiger partial charge in [0.1, 0.15) is 0 Å². The Hall–Kier alpha value is -0.610. The van der Waals surface area contributed by atoms with E-state index in [4.69, 9.17) is 11.5 Å². The predicted molar refractivity (Wildman–Crippen MR) is 58.7 cm³/mol. The van der Waals surface area contributed by atoms with Gasteiger partial charge in [0.05, 0.1) is 6.04 Å². The van der Waals surface area contributed by atoms with E-state index in [1.807, 2.05) is 18.9 Å². The molecule has 0 spiro atoms. The van der Waals surface area contributed by atoms with Gasteiger partial charge in [-0.05, 0) is 26.3 Å². The Bertz CT molecular complexity index is 182. The van der Waals surface area contributed by atoms with E-state index in [1.165, 1.54) is 0 Å². The lowest BCUT2D eigenvalue weighted by Gasteiger charge is -2.24. The van der Waals surface area contributed by atoms with Gasteiger partial charge in [0, 0.05) is 12.6 Å². The van der Waals surface area contributed by atoms with Crippen LogP contribution in [-0.4, -0.2) is 36.5 Å². The van der Waals surface area contributed by atoms with Gasteiger partial charge in [0.15, 0.2) is 0 Å². The Morgan fingerprint density at radius 2 is 1.86 bits per heavy atom. The van der Waals surface area contributed by atoms with Crippen LogP contribution in [0.25, 0.3) is 0 Å². The first kappa shape index (κ1) is 13.4. The fourth-order valence-corrected chi connectivity index (χ4v) is 1.10. The Balaban J connectivity index is 3.84. The second-order valence-electron chi connectivity index (χ2n) is 4.26. The zero-order valence-corrected chi connectivity index (χ0v) is 9.66. The highest BCUT2D eigenvalue weighted by Gasteiger charge is 2.16. The van der Waals surface area contributed by atoms with Gasteiger partial charge in [0.25, 0.3) is 0 Å². The van der Waals surface area contributed by atoms with Gasteiger partial charge in [-0.2, -0.15) is 0 Å². The molecule has 0 saturated carbocycles. The number of hydrogen-bond acceptors (Lipinski definition) is 3. The van der Waals surface area contributed by atoms with Gasteiger partial charge in [-0.15, -0.1) is 0 Å². The summed E-state index contributed by atoms with van der Waals surface area (Å²) in [5.41, 5.74) is 11.1. The smallest absolute Gasteiger partial charge is 0.234 e. The van der Waals surface area contributed by atoms with Crippen molar-refractivity contribution in [2.45, 2.75) is 39.3 Å². The fraction of sp³-hybridized carbons (Fsp3) is 0.900. The normalized spacial score (nSPS) is 15.9. The van der Waals surface area contributed by atoms with Crippen molar-refractivity contribution in [2.75, 3.05) is 13.6 Å². The second-order valence-corrected chi connectivity index (χ2v) is 4.26. The first-order valence-electron chi connectivity index (χ1n) is 5.11. The van der Waals surface area contributed by atoms with Crippen LogP contribution in [0.1, 0.15) is 27.2 Å². The van der Waals surface area contributed by atoms with E-state index < -0.39 is 0 Å². The van der Waals surface area contributed by atoms with Crippen LogP contribution in [0, 0.1) is 5.92 Å². The van der Waals surface area contributed by atoms with Crippen LogP contribution in [0.4, 0.5) is 0 Å². The largest absolute Gasteiger partial charge is 0.368 e. The predicted octanol–water partition coefficient (Wildman–Crippen LogP) is 0.165. The maximum atomic E-state index is 10.9. The van der Waals surface area contributed by atoms with Crippen LogP contribution in [0.5, 0.6) is 0 Å². The molecule has 0 heterocycles. The van der Waals surface area contributed by atoms with Crippen LogP contribution in [0.15, 0.2) is 0 Å². The lowest BCUT2D eigenvalue weighted by atomic mass is 10.0. The second kappa shape index (κ2) is 5.98. The maximum absolute atomic E-state index is 10.9. The summed E-state index contributed by atoms with van der Waals surface area (Å²) in [5.74, 6) is 0.193. The Kier molecular flexibility index (Phi) is 5.72. The molecule has 0 aromatic rings. The Morgan fingerprint density at radius 3 is 2.21 bits per heavy atom. The molecule has 0 rings (SSSR count). The van der Waals surface area contributed by atoms with Gasteiger partial charge in [-0.1, -0.05) is 13.8 Å². The minimum absolute atomic E-state index is 0.192. The molecule has 0 saturated heterocycles. The maximum Gasteiger partial charge on any atom is 0.234 e. The average molecular weight is 201 g/mol. The highest BCUT2D eigenvalue weighted by atomic mass is 16.1. The molecule has 2 unspecified atom stereocenters. The minimum atomic E-state index is -0.286. The van der Waals surface area contributed by atoms with E-state index in [1.54, 1.807) is 0 Å². The summed E-state index contributed by atoms with van der Waals surface area (Å²) in [7, 11) is 1.89. The van der Waals surface area contributed by atoms with E-state index in [9.17, 15) is 4.79 Å². The topological polar surface area (TPSA) is 72.3 Å². The Labute approximate surface area is 86.6 Å². The summed E-state index contributed by atoms with van der Waals surface area (Å²) in [6.45, 7) is 6.82. The molecule has 0 fully saturated rings. The highest BCUT2D eigenvalue weighted by molar-refractivity contribution is 5.79. The van der Waals surface area contributed by atoms with E-state index >= 15 is 0 Å². The third-order valence-corrected chi connectivity index (χ3v) is 2.74. The Morgan fingerprint density at radius 1 is 1.36 bits per heavy atom. The summed E-state index contributed by atoms with van der Waals surface area (Å²) in [4.78, 5) is 12.8. The molecule has 14 heavy (non-hydrogen) atoms. The standard InChI is InChI=1S/C10H23N3O/c1-7(2)9(11)5-6-13(4)8(3)10(12)14/h7-9H,5-6,11H2,1-4H3,(H2,12,14). The van der Waals surface area contributed by atoms with Gasteiger partial charge in [-0.3, -0.25) is 9.69 Å². The number of amides is 1. The minimum Gasteiger partial charge on any atom is -0.368 e. The molecule has 0 aliphatic rings. The third-order valence-electron chi connectivity index (χ3n) is 2.74. The van der Waals surface area contributed by atoms with Crippen molar-refractivity contribution in [3.8, 4) is 0 Å². The number of carbonyl (C=O) groups excluding carboxylic acids is 1. The summed E-state index contributed by atoms with van der Waals surface area (Å²) in [5, 5.41) is 0.